The molecule has 1 saturated carbocycles. The van der Waals surface area contributed by atoms with E-state index in [9.17, 15) is 4.39 Å². The maximum Gasteiger partial charge on any atom is 0.232 e. The first-order valence-corrected chi connectivity index (χ1v) is 14.5. The second-order valence-electron chi connectivity index (χ2n) is 11.6. The lowest BCUT2D eigenvalue weighted by Crippen LogP contribution is -2.41. The largest absolute Gasteiger partial charge is 0.361 e. The summed E-state index contributed by atoms with van der Waals surface area (Å²) in [6.45, 7) is 9.47. The highest BCUT2D eigenvalue weighted by Gasteiger charge is 2.35. The van der Waals surface area contributed by atoms with Gasteiger partial charge in [0.05, 0.1) is 0 Å². The van der Waals surface area contributed by atoms with E-state index in [2.05, 4.69) is 40.3 Å². The topological polar surface area (TPSA) is 56.3 Å². The van der Waals surface area contributed by atoms with E-state index in [0.717, 1.165) is 50.7 Å². The summed E-state index contributed by atoms with van der Waals surface area (Å²) in [7, 11) is 0. The summed E-state index contributed by atoms with van der Waals surface area (Å²) < 4.78 is 13.6. The molecular formula is C29H41FN6S. The maximum absolute atomic E-state index is 13.6. The molecule has 0 spiro atoms. The predicted octanol–water partition coefficient (Wildman–Crippen LogP) is 5.89. The number of nitrogens with one attached hydrogen (secondary N) is 2. The van der Waals surface area contributed by atoms with Crippen molar-refractivity contribution in [1.29, 1.82) is 0 Å². The number of anilines is 3. The predicted molar refractivity (Wildman–Crippen MR) is 154 cm³/mol. The number of hydrogen-bond donors (Lipinski definition) is 2. The van der Waals surface area contributed by atoms with Crippen LogP contribution >= 0.6 is 12.2 Å². The van der Waals surface area contributed by atoms with Crippen LogP contribution in [-0.4, -0.2) is 47.8 Å². The monoisotopic (exact) mass is 524 g/mol. The van der Waals surface area contributed by atoms with Crippen molar-refractivity contribution in [3.8, 4) is 0 Å². The lowest BCUT2D eigenvalue weighted by molar-refractivity contribution is 0.355. The van der Waals surface area contributed by atoms with Gasteiger partial charge in [-0.1, -0.05) is 38.8 Å². The van der Waals surface area contributed by atoms with Gasteiger partial charge in [0.1, 0.15) is 17.5 Å². The zero-order valence-electron chi connectivity index (χ0n) is 22.3. The van der Waals surface area contributed by atoms with Gasteiger partial charge >= 0.3 is 0 Å². The Balaban J connectivity index is 1.32. The summed E-state index contributed by atoms with van der Waals surface area (Å²) in [5.74, 6) is 3.62. The van der Waals surface area contributed by atoms with Gasteiger partial charge in [0.15, 0.2) is 5.11 Å². The number of benzene rings is 1. The average molecular weight is 525 g/mol. The molecule has 1 aliphatic carbocycles. The molecule has 2 N–H and O–H groups in total. The van der Waals surface area contributed by atoms with Crippen LogP contribution in [0.5, 0.6) is 0 Å². The summed E-state index contributed by atoms with van der Waals surface area (Å²) in [5, 5.41) is 7.31. The molecule has 1 aromatic heterocycles. The number of halogens is 1. The fourth-order valence-corrected chi connectivity index (χ4v) is 6.76. The normalized spacial score (nSPS) is 23.6. The van der Waals surface area contributed by atoms with E-state index in [4.69, 9.17) is 22.2 Å². The van der Waals surface area contributed by atoms with Crippen molar-refractivity contribution in [2.45, 2.75) is 70.6 Å². The van der Waals surface area contributed by atoms with Gasteiger partial charge < -0.3 is 20.4 Å². The molecule has 2 atom stereocenters. The maximum atomic E-state index is 13.6. The number of nitrogens with zero attached hydrogens (tertiary/aromatic N) is 4. The first kappa shape index (κ1) is 26.1. The van der Waals surface area contributed by atoms with Crippen molar-refractivity contribution in [2.75, 3.05) is 47.8 Å². The molecule has 3 aliphatic rings. The molecule has 3 heterocycles. The molecule has 5 rings (SSSR count). The second kappa shape index (κ2) is 11.5. The molecule has 0 amide bonds. The van der Waals surface area contributed by atoms with Crippen molar-refractivity contribution in [2.24, 2.45) is 11.8 Å². The molecule has 3 fully saturated rings. The third-order valence-electron chi connectivity index (χ3n) is 8.40. The number of piperidine rings is 2. The molecule has 2 saturated heterocycles. The Morgan fingerprint density at radius 2 is 1.57 bits per heavy atom. The quantitative estimate of drug-likeness (QED) is 0.457. The van der Waals surface area contributed by atoms with Gasteiger partial charge in [-0.05, 0) is 80.3 Å². The highest BCUT2D eigenvalue weighted by atomic mass is 32.1. The number of hydrogen-bond acceptors (Lipinski definition) is 5. The lowest BCUT2D eigenvalue weighted by Gasteiger charge is -2.36. The Hall–Kier alpha value is -2.48. The van der Waals surface area contributed by atoms with Crippen LogP contribution in [0.25, 0.3) is 0 Å². The molecular weight excluding hydrogens is 483 g/mol. The van der Waals surface area contributed by atoms with Gasteiger partial charge in [0.25, 0.3) is 0 Å². The van der Waals surface area contributed by atoms with Gasteiger partial charge in [-0.3, -0.25) is 0 Å². The fourth-order valence-electron chi connectivity index (χ4n) is 6.59. The SMILES string of the molecule is C[C@@H]1C[C@H](C)CN(c2cc(N3CCCCC3)nc(NC(=S)NCC3(c4ccc(F)cc4)CCCC3)n2)C1. The van der Waals surface area contributed by atoms with Crippen LogP contribution in [0.4, 0.5) is 22.0 Å². The highest BCUT2D eigenvalue weighted by Crippen LogP contribution is 2.40. The molecule has 0 unspecified atom stereocenters. The number of aromatic nitrogens is 2. The van der Waals surface area contributed by atoms with Crippen LogP contribution in [0.3, 0.4) is 0 Å². The van der Waals surface area contributed by atoms with E-state index in [-0.39, 0.29) is 11.2 Å². The first-order valence-electron chi connectivity index (χ1n) is 14.1. The van der Waals surface area contributed by atoms with Crippen LogP contribution in [0.15, 0.2) is 30.3 Å². The zero-order valence-corrected chi connectivity index (χ0v) is 23.1. The van der Waals surface area contributed by atoms with E-state index in [1.807, 2.05) is 12.1 Å². The average Bonchev–Trinajstić information content (AvgIpc) is 3.38. The Morgan fingerprint density at radius 3 is 2.22 bits per heavy atom. The minimum atomic E-state index is -0.193. The number of thiocarbonyl (C=S) groups is 1. The van der Waals surface area contributed by atoms with E-state index < -0.39 is 0 Å². The molecule has 200 valence electrons. The minimum absolute atomic E-state index is 0.0266. The van der Waals surface area contributed by atoms with Crippen molar-refractivity contribution in [3.05, 3.63) is 41.7 Å². The molecule has 2 aromatic rings. The summed E-state index contributed by atoms with van der Waals surface area (Å²) in [6.07, 6.45) is 9.44. The van der Waals surface area contributed by atoms with Gasteiger partial charge in [-0.2, -0.15) is 9.97 Å². The zero-order chi connectivity index (χ0) is 25.8. The van der Waals surface area contributed by atoms with E-state index in [0.29, 0.717) is 29.4 Å². The molecule has 37 heavy (non-hydrogen) atoms. The van der Waals surface area contributed by atoms with Crippen molar-refractivity contribution >= 4 is 34.9 Å². The molecule has 0 radical (unpaired) electrons. The van der Waals surface area contributed by atoms with Crippen LogP contribution in [0.1, 0.15) is 70.8 Å². The van der Waals surface area contributed by atoms with Gasteiger partial charge in [-0.25, -0.2) is 4.39 Å². The van der Waals surface area contributed by atoms with Crippen molar-refractivity contribution in [3.63, 3.8) is 0 Å². The van der Waals surface area contributed by atoms with Crippen LogP contribution in [0, 0.1) is 17.7 Å². The van der Waals surface area contributed by atoms with Gasteiger partial charge in [-0.15, -0.1) is 0 Å². The summed E-state index contributed by atoms with van der Waals surface area (Å²) in [4.78, 5) is 14.6. The van der Waals surface area contributed by atoms with E-state index in [1.54, 1.807) is 12.1 Å². The van der Waals surface area contributed by atoms with Crippen molar-refractivity contribution < 1.29 is 4.39 Å². The Bertz CT molecular complexity index is 1050. The molecule has 8 heteroatoms. The third kappa shape index (κ3) is 6.33. The third-order valence-corrected chi connectivity index (χ3v) is 8.65. The first-order chi connectivity index (χ1) is 17.9. The Labute approximate surface area is 226 Å². The van der Waals surface area contributed by atoms with Gasteiger partial charge in [0.2, 0.25) is 5.95 Å². The number of rotatable bonds is 6. The smallest absolute Gasteiger partial charge is 0.232 e. The highest BCUT2D eigenvalue weighted by molar-refractivity contribution is 7.80. The molecule has 1 aromatic carbocycles. The Kier molecular flexibility index (Phi) is 8.12. The summed E-state index contributed by atoms with van der Waals surface area (Å²) >= 11 is 5.74. The standard InChI is InChI=1S/C29H41FN6S/c1-21-16-22(2)19-36(18-21)26-17-25(35-14-6-3-7-15-35)32-27(33-26)34-28(37)31-20-29(12-4-5-13-29)23-8-10-24(30)11-9-23/h8-11,17,21-22H,3-7,12-16,18-20H2,1-2H3,(H2,31,32,33,34,37)/t21-,22+. The minimum Gasteiger partial charge on any atom is -0.361 e. The Morgan fingerprint density at radius 1 is 0.946 bits per heavy atom. The van der Waals surface area contributed by atoms with Gasteiger partial charge in [0, 0.05) is 44.2 Å². The van der Waals surface area contributed by atoms with Crippen LogP contribution in [0.2, 0.25) is 0 Å². The summed E-state index contributed by atoms with van der Waals surface area (Å²) in [6, 6.07) is 9.15. The van der Waals surface area contributed by atoms with E-state index in [1.165, 1.54) is 44.1 Å². The van der Waals surface area contributed by atoms with Crippen molar-refractivity contribution in [1.82, 2.24) is 15.3 Å². The molecule has 2 aliphatic heterocycles. The fraction of sp³-hybridized carbons (Fsp3) is 0.621. The molecule has 6 nitrogen and oxygen atoms in total. The molecule has 0 bridgehead atoms. The van der Waals surface area contributed by atoms with Crippen LogP contribution < -0.4 is 20.4 Å². The lowest BCUT2D eigenvalue weighted by atomic mass is 9.79. The van der Waals surface area contributed by atoms with E-state index >= 15 is 0 Å². The second-order valence-corrected chi connectivity index (χ2v) is 12.0. The van der Waals surface area contributed by atoms with Crippen LogP contribution in [-0.2, 0) is 5.41 Å². The summed E-state index contributed by atoms with van der Waals surface area (Å²) in [5.41, 5.74) is 1.15.